The van der Waals surface area contributed by atoms with Crippen molar-refractivity contribution in [3.8, 4) is 0 Å². The summed E-state index contributed by atoms with van der Waals surface area (Å²) < 4.78 is 0. The molecule has 11 heavy (non-hydrogen) atoms. The molecule has 0 aliphatic rings. The molecule has 0 aliphatic heterocycles. The molecular weight excluding hydrogens is 158 g/mol. The average molecular weight is 165 g/mol. The molecule has 0 aromatic rings. The van der Waals surface area contributed by atoms with Crippen LogP contribution in [0.3, 0.4) is 0 Å². The van der Waals surface area contributed by atoms with Crippen LogP contribution in [-0.4, -0.2) is 45.0 Å². The fraction of sp³-hybridized carbons (Fsp3) is 0.750. The Kier molecular flexibility index (Phi) is 3.42. The highest BCUT2D eigenvalue weighted by Crippen LogP contribution is 1.97. The van der Waals surface area contributed by atoms with Gasteiger partial charge in [0.05, 0.1) is 0 Å². The van der Waals surface area contributed by atoms with E-state index in [9.17, 15) is 14.9 Å². The zero-order valence-electron chi connectivity index (χ0n) is 5.38. The van der Waals surface area contributed by atoms with Gasteiger partial charge in [-0.3, -0.25) is 10.1 Å². The van der Waals surface area contributed by atoms with Crippen LogP contribution in [0.5, 0.6) is 0 Å². The Morgan fingerprint density at radius 3 is 2.18 bits per heavy atom. The van der Waals surface area contributed by atoms with Crippen LogP contribution in [0.1, 0.15) is 0 Å². The van der Waals surface area contributed by atoms with E-state index < -0.39 is 29.6 Å². The third kappa shape index (κ3) is 2.48. The highest BCUT2D eigenvalue weighted by atomic mass is 16.6. The maximum Gasteiger partial charge on any atom is 0.339 e. The van der Waals surface area contributed by atoms with E-state index in [0.29, 0.717) is 0 Å². The van der Waals surface area contributed by atoms with E-state index in [2.05, 4.69) is 0 Å². The fourth-order valence-electron chi connectivity index (χ4n) is 0.446. The van der Waals surface area contributed by atoms with E-state index in [1.807, 2.05) is 0 Å². The van der Waals surface area contributed by atoms with Crippen LogP contribution >= 0.6 is 0 Å². The average Bonchev–Trinajstić information content (AvgIpc) is 1.88. The molecule has 0 saturated heterocycles. The van der Waals surface area contributed by atoms with E-state index in [1.165, 1.54) is 0 Å². The van der Waals surface area contributed by atoms with Gasteiger partial charge in [-0.15, -0.1) is 0 Å². The van der Waals surface area contributed by atoms with Crippen LogP contribution in [0, 0.1) is 10.1 Å². The SMILES string of the molecule is O=C(O)C(O)C(CO)[N+](=O)[O-]. The van der Waals surface area contributed by atoms with Crippen LogP contribution in [0.15, 0.2) is 0 Å². The molecule has 0 saturated carbocycles. The van der Waals surface area contributed by atoms with Gasteiger partial charge in [0.25, 0.3) is 6.04 Å². The van der Waals surface area contributed by atoms with Crippen LogP contribution in [0.2, 0.25) is 0 Å². The summed E-state index contributed by atoms with van der Waals surface area (Å²) in [6, 6.07) is -1.85. The van der Waals surface area contributed by atoms with Crippen molar-refractivity contribution in [2.45, 2.75) is 12.1 Å². The van der Waals surface area contributed by atoms with E-state index >= 15 is 0 Å². The Bertz CT molecular complexity index is 168. The fourth-order valence-corrected chi connectivity index (χ4v) is 0.446. The second-order valence-electron chi connectivity index (χ2n) is 1.82. The number of nitrogens with zero attached hydrogens (tertiary/aromatic N) is 1. The van der Waals surface area contributed by atoms with Gasteiger partial charge in [-0.05, 0) is 0 Å². The third-order valence-electron chi connectivity index (χ3n) is 1.08. The highest BCUT2D eigenvalue weighted by Gasteiger charge is 2.34. The zero-order valence-corrected chi connectivity index (χ0v) is 5.38. The topological polar surface area (TPSA) is 121 Å². The van der Waals surface area contributed by atoms with Gasteiger partial charge in [-0.2, -0.15) is 0 Å². The maximum atomic E-state index is 9.94. The summed E-state index contributed by atoms with van der Waals surface area (Å²) in [6.45, 7) is -1.000. The summed E-state index contributed by atoms with van der Waals surface area (Å²) in [5, 5.41) is 34.8. The lowest BCUT2D eigenvalue weighted by Gasteiger charge is -2.08. The van der Waals surface area contributed by atoms with Crippen molar-refractivity contribution in [2.24, 2.45) is 0 Å². The number of aliphatic hydroxyl groups is 2. The molecule has 0 heterocycles. The van der Waals surface area contributed by atoms with E-state index in [4.69, 9.17) is 15.3 Å². The molecular formula is C4H7NO6. The number of carbonyl (C=O) groups is 1. The summed E-state index contributed by atoms with van der Waals surface area (Å²) in [6.07, 6.45) is -2.16. The summed E-state index contributed by atoms with van der Waals surface area (Å²) >= 11 is 0. The number of carboxylic acids is 1. The number of hydrogen-bond acceptors (Lipinski definition) is 5. The van der Waals surface area contributed by atoms with Crippen molar-refractivity contribution >= 4 is 5.97 Å². The number of carboxylic acid groups (broad SMARTS) is 1. The normalized spacial score (nSPS) is 15.5. The van der Waals surface area contributed by atoms with Crippen molar-refractivity contribution in [1.29, 1.82) is 0 Å². The molecule has 0 fully saturated rings. The first-order valence-corrected chi connectivity index (χ1v) is 2.66. The summed E-state index contributed by atoms with van der Waals surface area (Å²) in [4.78, 5) is 18.8. The zero-order chi connectivity index (χ0) is 9.02. The standard InChI is InChI=1S/C4H7NO6/c6-1-2(5(10)11)3(7)4(8)9/h2-3,6-7H,1H2,(H,8,9). The van der Waals surface area contributed by atoms with Crippen LogP contribution in [-0.2, 0) is 4.79 Å². The Labute approximate surface area is 61.0 Å². The highest BCUT2D eigenvalue weighted by molar-refractivity contribution is 5.72. The van der Waals surface area contributed by atoms with Crippen LogP contribution in [0.25, 0.3) is 0 Å². The van der Waals surface area contributed by atoms with Gasteiger partial charge in [-0.1, -0.05) is 0 Å². The number of nitro groups is 1. The predicted octanol–water partition coefficient (Wildman–Crippen LogP) is -1.93. The molecule has 64 valence electrons. The molecule has 0 rings (SSSR count). The van der Waals surface area contributed by atoms with Crippen molar-refractivity contribution in [3.63, 3.8) is 0 Å². The van der Waals surface area contributed by atoms with E-state index in [-0.39, 0.29) is 0 Å². The first kappa shape index (κ1) is 9.79. The van der Waals surface area contributed by atoms with Crippen molar-refractivity contribution in [2.75, 3.05) is 6.61 Å². The van der Waals surface area contributed by atoms with Crippen molar-refractivity contribution in [3.05, 3.63) is 10.1 Å². The molecule has 0 aromatic heterocycles. The Morgan fingerprint density at radius 1 is 1.64 bits per heavy atom. The van der Waals surface area contributed by atoms with Crippen molar-refractivity contribution < 1.29 is 25.0 Å². The molecule has 0 bridgehead atoms. The molecule has 0 spiro atoms. The van der Waals surface area contributed by atoms with Gasteiger partial charge in [0.2, 0.25) is 6.10 Å². The second-order valence-corrected chi connectivity index (χ2v) is 1.82. The lowest BCUT2D eigenvalue weighted by Crippen LogP contribution is -2.41. The Balaban J connectivity index is 4.25. The number of aliphatic hydroxyl groups excluding tert-OH is 2. The van der Waals surface area contributed by atoms with Gasteiger partial charge < -0.3 is 15.3 Å². The second kappa shape index (κ2) is 3.84. The van der Waals surface area contributed by atoms with E-state index in [0.717, 1.165) is 0 Å². The molecule has 3 N–H and O–H groups in total. The third-order valence-corrected chi connectivity index (χ3v) is 1.08. The minimum atomic E-state index is -2.16. The molecule has 7 nitrogen and oxygen atoms in total. The molecule has 0 amide bonds. The quantitative estimate of drug-likeness (QED) is 0.329. The number of hydrogen-bond donors (Lipinski definition) is 3. The van der Waals surface area contributed by atoms with Gasteiger partial charge in [0, 0.05) is 4.92 Å². The van der Waals surface area contributed by atoms with Crippen LogP contribution < -0.4 is 0 Å². The van der Waals surface area contributed by atoms with Crippen molar-refractivity contribution in [1.82, 2.24) is 0 Å². The molecule has 0 aliphatic carbocycles. The molecule has 0 radical (unpaired) electrons. The minimum absolute atomic E-state index is 1.000. The minimum Gasteiger partial charge on any atom is -0.479 e. The molecule has 0 aromatic carbocycles. The molecule has 2 atom stereocenters. The number of rotatable bonds is 4. The first-order valence-electron chi connectivity index (χ1n) is 2.66. The van der Waals surface area contributed by atoms with E-state index in [1.54, 1.807) is 0 Å². The summed E-state index contributed by atoms with van der Waals surface area (Å²) in [5.41, 5.74) is 0. The summed E-state index contributed by atoms with van der Waals surface area (Å²) in [5.74, 6) is -1.72. The maximum absolute atomic E-state index is 9.94. The van der Waals surface area contributed by atoms with Gasteiger partial charge in [0.1, 0.15) is 6.61 Å². The molecule has 2 unspecified atom stereocenters. The van der Waals surface area contributed by atoms with Gasteiger partial charge in [-0.25, -0.2) is 4.79 Å². The Hall–Kier alpha value is -1.21. The Morgan fingerprint density at radius 2 is 2.09 bits per heavy atom. The summed E-state index contributed by atoms with van der Waals surface area (Å²) in [7, 11) is 0. The van der Waals surface area contributed by atoms with Gasteiger partial charge >= 0.3 is 5.97 Å². The predicted molar refractivity (Wildman–Crippen MR) is 31.5 cm³/mol. The smallest absolute Gasteiger partial charge is 0.339 e. The van der Waals surface area contributed by atoms with Gasteiger partial charge in [0.15, 0.2) is 0 Å². The number of aliphatic carboxylic acids is 1. The first-order chi connectivity index (χ1) is 5.00. The molecule has 7 heteroatoms. The lowest BCUT2D eigenvalue weighted by atomic mass is 10.2. The lowest BCUT2D eigenvalue weighted by molar-refractivity contribution is -0.534. The van der Waals surface area contributed by atoms with Crippen LogP contribution in [0.4, 0.5) is 0 Å². The monoisotopic (exact) mass is 165 g/mol. The largest absolute Gasteiger partial charge is 0.479 e.